The van der Waals surface area contributed by atoms with Crippen molar-refractivity contribution in [3.8, 4) is 0 Å². The fourth-order valence-corrected chi connectivity index (χ4v) is 5.42. The maximum atomic E-state index is 10.4. The van der Waals surface area contributed by atoms with Crippen LogP contribution in [0.1, 0.15) is 181 Å². The Balaban J connectivity index is 3.41. The van der Waals surface area contributed by atoms with Gasteiger partial charge in [0.2, 0.25) is 0 Å². The molecule has 218 valence electrons. The van der Waals surface area contributed by atoms with Crippen LogP contribution in [0.5, 0.6) is 0 Å². The minimum absolute atomic E-state index is 0.253. The van der Waals surface area contributed by atoms with Gasteiger partial charge >= 0.3 is 0 Å². The molecular weight excluding hydrogens is 442 g/mol. The lowest BCUT2D eigenvalue weighted by atomic mass is 10.0. The van der Waals surface area contributed by atoms with Crippen LogP contribution in [0.25, 0.3) is 0 Å². The first-order chi connectivity index (χ1) is 17.6. The predicted molar refractivity (Wildman–Crippen MR) is 161 cm³/mol. The lowest BCUT2D eigenvalue weighted by molar-refractivity contribution is 0.0737. The van der Waals surface area contributed by atoms with E-state index in [1.807, 2.05) is 7.05 Å². The van der Waals surface area contributed by atoms with Gasteiger partial charge in [-0.25, -0.2) is 0 Å². The number of aliphatic hydroxyl groups excluding tert-OH is 2. The summed E-state index contributed by atoms with van der Waals surface area (Å²) in [4.78, 5) is 2.12. The summed E-state index contributed by atoms with van der Waals surface area (Å²) in [5, 5.41) is 20.7. The zero-order valence-corrected chi connectivity index (χ0v) is 25.3. The molecule has 0 saturated heterocycles. The number of hydrogen-bond acceptors (Lipinski definition) is 3. The third-order valence-electron chi connectivity index (χ3n) is 7.83. The van der Waals surface area contributed by atoms with Crippen molar-refractivity contribution in [2.75, 3.05) is 20.1 Å². The van der Waals surface area contributed by atoms with Gasteiger partial charge in [0.25, 0.3) is 0 Å². The Morgan fingerprint density at radius 1 is 0.389 bits per heavy atom. The highest BCUT2D eigenvalue weighted by molar-refractivity contribution is 4.66. The Morgan fingerprint density at radius 2 is 0.611 bits per heavy atom. The molecule has 0 bridgehead atoms. The Morgan fingerprint density at radius 3 is 0.861 bits per heavy atom. The molecule has 0 heterocycles. The fraction of sp³-hybridized carbons (Fsp3) is 1.00. The largest absolute Gasteiger partial charge is 0.392 e. The standard InChI is InChI=1S/C33H69NO2/c1-4-6-8-10-12-14-16-18-20-22-24-26-28-32(35)30-34(3)31-33(36)29-27-25-23-21-19-17-15-13-11-9-7-5-2/h32-33,35-36H,4-31H2,1-3H3. The van der Waals surface area contributed by atoms with Gasteiger partial charge in [0.1, 0.15) is 0 Å². The molecule has 2 N–H and O–H groups in total. The molecule has 0 aliphatic heterocycles. The van der Waals surface area contributed by atoms with Crippen LogP contribution in [0.4, 0.5) is 0 Å². The van der Waals surface area contributed by atoms with Crippen LogP contribution < -0.4 is 0 Å². The van der Waals surface area contributed by atoms with E-state index in [9.17, 15) is 10.2 Å². The summed E-state index contributed by atoms with van der Waals surface area (Å²) in [6, 6.07) is 0. The van der Waals surface area contributed by atoms with Crippen molar-refractivity contribution in [2.24, 2.45) is 0 Å². The van der Waals surface area contributed by atoms with Gasteiger partial charge in [-0.05, 0) is 19.9 Å². The van der Waals surface area contributed by atoms with E-state index in [1.54, 1.807) is 0 Å². The van der Waals surface area contributed by atoms with E-state index in [2.05, 4.69) is 18.7 Å². The van der Waals surface area contributed by atoms with Crippen molar-refractivity contribution in [3.05, 3.63) is 0 Å². The highest BCUT2D eigenvalue weighted by Gasteiger charge is 2.12. The zero-order valence-electron chi connectivity index (χ0n) is 25.3. The summed E-state index contributed by atoms with van der Waals surface area (Å²) in [7, 11) is 2.04. The number of nitrogens with zero attached hydrogens (tertiary/aromatic N) is 1. The molecule has 0 saturated carbocycles. The molecule has 3 heteroatoms. The third-order valence-corrected chi connectivity index (χ3v) is 7.83. The van der Waals surface area contributed by atoms with Crippen LogP contribution >= 0.6 is 0 Å². The van der Waals surface area contributed by atoms with Crippen molar-refractivity contribution in [2.45, 2.75) is 193 Å². The monoisotopic (exact) mass is 512 g/mol. The normalized spacial score (nSPS) is 13.5. The average molecular weight is 512 g/mol. The summed E-state index contributed by atoms with van der Waals surface area (Å²) in [6.07, 6.45) is 33.9. The number of likely N-dealkylation sites (N-methyl/N-ethyl adjacent to an activating group) is 1. The smallest absolute Gasteiger partial charge is 0.0667 e. The molecule has 0 aliphatic carbocycles. The Kier molecular flexibility index (Phi) is 29.3. The Labute approximate surface area is 228 Å². The van der Waals surface area contributed by atoms with E-state index in [4.69, 9.17) is 0 Å². The molecule has 0 aliphatic rings. The summed E-state index contributed by atoms with van der Waals surface area (Å²) < 4.78 is 0. The van der Waals surface area contributed by atoms with Gasteiger partial charge in [-0.3, -0.25) is 0 Å². The van der Waals surface area contributed by atoms with E-state index < -0.39 is 0 Å². The first kappa shape index (κ1) is 35.9. The van der Waals surface area contributed by atoms with Crippen LogP contribution in [-0.4, -0.2) is 47.5 Å². The van der Waals surface area contributed by atoms with Gasteiger partial charge in [0.05, 0.1) is 12.2 Å². The van der Waals surface area contributed by atoms with Gasteiger partial charge in [0, 0.05) is 13.1 Å². The van der Waals surface area contributed by atoms with Crippen LogP contribution in [0, 0.1) is 0 Å². The third kappa shape index (κ3) is 28.5. The van der Waals surface area contributed by atoms with Crippen LogP contribution in [0.2, 0.25) is 0 Å². The molecule has 2 atom stereocenters. The first-order valence-corrected chi connectivity index (χ1v) is 16.6. The molecule has 3 nitrogen and oxygen atoms in total. The average Bonchev–Trinajstić information content (AvgIpc) is 2.85. The van der Waals surface area contributed by atoms with Gasteiger partial charge in [-0.2, -0.15) is 0 Å². The molecule has 2 unspecified atom stereocenters. The second-order valence-electron chi connectivity index (χ2n) is 11.9. The van der Waals surface area contributed by atoms with Crippen molar-refractivity contribution < 1.29 is 10.2 Å². The second-order valence-corrected chi connectivity index (χ2v) is 11.9. The van der Waals surface area contributed by atoms with Crippen molar-refractivity contribution in [3.63, 3.8) is 0 Å². The zero-order chi connectivity index (χ0) is 26.5. The number of unbranched alkanes of at least 4 members (excludes halogenated alkanes) is 22. The van der Waals surface area contributed by atoms with Gasteiger partial charge in [-0.15, -0.1) is 0 Å². The second kappa shape index (κ2) is 29.4. The van der Waals surface area contributed by atoms with Crippen LogP contribution in [0.3, 0.4) is 0 Å². The number of aliphatic hydroxyl groups is 2. The summed E-state index contributed by atoms with van der Waals surface area (Å²) in [5.74, 6) is 0. The molecule has 0 amide bonds. The molecule has 0 rings (SSSR count). The quantitative estimate of drug-likeness (QED) is 0.0943. The first-order valence-electron chi connectivity index (χ1n) is 16.6. The summed E-state index contributed by atoms with van der Waals surface area (Å²) in [5.41, 5.74) is 0. The lowest BCUT2D eigenvalue weighted by Crippen LogP contribution is -2.35. The maximum Gasteiger partial charge on any atom is 0.0667 e. The van der Waals surface area contributed by atoms with E-state index in [1.165, 1.54) is 141 Å². The molecule has 0 fully saturated rings. The van der Waals surface area contributed by atoms with Crippen molar-refractivity contribution in [1.82, 2.24) is 4.90 Å². The van der Waals surface area contributed by atoms with Gasteiger partial charge in [0.15, 0.2) is 0 Å². The fourth-order valence-electron chi connectivity index (χ4n) is 5.42. The van der Waals surface area contributed by atoms with Crippen molar-refractivity contribution >= 4 is 0 Å². The van der Waals surface area contributed by atoms with Crippen LogP contribution in [-0.2, 0) is 0 Å². The van der Waals surface area contributed by atoms with Crippen LogP contribution in [0.15, 0.2) is 0 Å². The highest BCUT2D eigenvalue weighted by Crippen LogP contribution is 2.15. The van der Waals surface area contributed by atoms with E-state index in [0.717, 1.165) is 25.7 Å². The van der Waals surface area contributed by atoms with Crippen molar-refractivity contribution in [1.29, 1.82) is 0 Å². The van der Waals surface area contributed by atoms with E-state index in [0.29, 0.717) is 13.1 Å². The topological polar surface area (TPSA) is 43.7 Å². The maximum absolute atomic E-state index is 10.4. The highest BCUT2D eigenvalue weighted by atomic mass is 16.3. The Bertz CT molecular complexity index is 367. The van der Waals surface area contributed by atoms with Gasteiger partial charge < -0.3 is 15.1 Å². The molecule has 0 aromatic rings. The summed E-state index contributed by atoms with van der Waals surface area (Å²) >= 11 is 0. The molecule has 0 aromatic heterocycles. The molecule has 36 heavy (non-hydrogen) atoms. The van der Waals surface area contributed by atoms with E-state index >= 15 is 0 Å². The predicted octanol–water partition coefficient (Wildman–Crippen LogP) is 9.82. The Hall–Kier alpha value is -0.120. The minimum atomic E-state index is -0.253. The molecule has 0 radical (unpaired) electrons. The molecular formula is C33H69NO2. The molecule has 0 spiro atoms. The van der Waals surface area contributed by atoms with E-state index in [-0.39, 0.29) is 12.2 Å². The van der Waals surface area contributed by atoms with Gasteiger partial charge in [-0.1, -0.05) is 168 Å². The number of rotatable bonds is 30. The number of hydrogen-bond donors (Lipinski definition) is 2. The SMILES string of the molecule is CCCCCCCCCCCCCCC(O)CN(C)CC(O)CCCCCCCCCCCCCC. The lowest BCUT2D eigenvalue weighted by Gasteiger charge is -2.23. The molecule has 0 aromatic carbocycles. The minimum Gasteiger partial charge on any atom is -0.392 e. The summed E-state index contributed by atoms with van der Waals surface area (Å²) in [6.45, 7) is 5.94.